The number of aryl methyl sites for hydroxylation is 1. The van der Waals surface area contributed by atoms with Crippen LogP contribution in [0.25, 0.3) is 0 Å². The zero-order valence-electron chi connectivity index (χ0n) is 14.3. The number of likely N-dealkylation sites (tertiary alicyclic amines) is 1. The molecule has 0 spiro atoms. The van der Waals surface area contributed by atoms with Gasteiger partial charge in [-0.15, -0.1) is 0 Å². The van der Waals surface area contributed by atoms with E-state index in [0.717, 1.165) is 30.9 Å². The van der Waals surface area contributed by atoms with Crippen LogP contribution in [-0.2, 0) is 16.0 Å². The molecule has 0 aromatic carbocycles. The van der Waals surface area contributed by atoms with Crippen molar-refractivity contribution in [3.63, 3.8) is 0 Å². The number of nitrogens with zero attached hydrogens (tertiary/aromatic N) is 2. The maximum Gasteiger partial charge on any atom is 0.407 e. The molecule has 23 heavy (non-hydrogen) atoms. The zero-order chi connectivity index (χ0) is 17.0. The number of alkyl carbamates (subject to hydrolysis) is 1. The normalized spacial score (nSPS) is 19.0. The molecule has 0 saturated carbocycles. The van der Waals surface area contributed by atoms with Crippen LogP contribution < -0.4 is 5.32 Å². The molecular formula is C16H26N4O3. The predicted octanol–water partition coefficient (Wildman–Crippen LogP) is 1.63. The molecule has 0 radical (unpaired) electrons. The van der Waals surface area contributed by atoms with Crippen molar-refractivity contribution in [3.05, 3.63) is 17.7 Å². The van der Waals surface area contributed by atoms with E-state index >= 15 is 0 Å². The molecule has 7 heteroatoms. The summed E-state index contributed by atoms with van der Waals surface area (Å²) in [5, 5.41) is 2.66. The molecule has 1 aliphatic rings. The van der Waals surface area contributed by atoms with Gasteiger partial charge in [0.1, 0.15) is 11.9 Å². The molecule has 1 fully saturated rings. The second-order valence-corrected chi connectivity index (χ2v) is 6.40. The summed E-state index contributed by atoms with van der Waals surface area (Å²) >= 11 is 0. The van der Waals surface area contributed by atoms with Crippen molar-refractivity contribution >= 4 is 12.0 Å². The number of carbonyl (C=O) groups excluding carboxylic acids is 2. The highest BCUT2D eigenvalue weighted by Crippen LogP contribution is 2.22. The molecule has 1 saturated heterocycles. The van der Waals surface area contributed by atoms with Gasteiger partial charge >= 0.3 is 6.09 Å². The Bertz CT molecular complexity index is 555. The van der Waals surface area contributed by atoms with Crippen LogP contribution >= 0.6 is 0 Å². The first-order valence-electron chi connectivity index (χ1n) is 8.07. The molecule has 2 heterocycles. The summed E-state index contributed by atoms with van der Waals surface area (Å²) in [4.78, 5) is 33.8. The Hall–Kier alpha value is -2.05. The molecule has 2 rings (SSSR count). The monoisotopic (exact) mass is 322 g/mol. The summed E-state index contributed by atoms with van der Waals surface area (Å²) in [6.45, 7) is 6.51. The number of carbonyl (C=O) groups is 2. The second-order valence-electron chi connectivity index (χ2n) is 6.40. The number of ether oxygens (including phenoxy) is 1. The van der Waals surface area contributed by atoms with Gasteiger partial charge in [0, 0.05) is 30.9 Å². The van der Waals surface area contributed by atoms with Crippen LogP contribution in [0.1, 0.15) is 38.2 Å². The first-order chi connectivity index (χ1) is 10.9. The Kier molecular flexibility index (Phi) is 5.63. The van der Waals surface area contributed by atoms with Crippen molar-refractivity contribution in [2.24, 2.45) is 5.92 Å². The zero-order valence-corrected chi connectivity index (χ0v) is 14.3. The summed E-state index contributed by atoms with van der Waals surface area (Å²) in [5.41, 5.74) is 1.02. The van der Waals surface area contributed by atoms with Gasteiger partial charge < -0.3 is 19.9 Å². The van der Waals surface area contributed by atoms with Crippen molar-refractivity contribution in [3.8, 4) is 0 Å². The average molecular weight is 322 g/mol. The van der Waals surface area contributed by atoms with Crippen molar-refractivity contribution in [2.45, 2.75) is 52.1 Å². The number of hydrogen-bond donors (Lipinski definition) is 2. The molecule has 2 atom stereocenters. The lowest BCUT2D eigenvalue weighted by Crippen LogP contribution is -2.52. The Morgan fingerprint density at radius 3 is 2.83 bits per heavy atom. The minimum Gasteiger partial charge on any atom is -0.453 e. The highest BCUT2D eigenvalue weighted by atomic mass is 16.5. The van der Waals surface area contributed by atoms with Gasteiger partial charge in [-0.1, -0.05) is 13.8 Å². The fourth-order valence-corrected chi connectivity index (χ4v) is 3.01. The number of methoxy groups -OCH3 is 1. The van der Waals surface area contributed by atoms with Gasteiger partial charge in [-0.25, -0.2) is 9.78 Å². The molecule has 2 N–H and O–H groups in total. The summed E-state index contributed by atoms with van der Waals surface area (Å²) in [5.74, 6) is 0.846. The SMILES string of the molecule is COC(=O)NC(C(=O)N1CCCC1Cc1ncc(C)[nH]1)C(C)C. The van der Waals surface area contributed by atoms with E-state index in [4.69, 9.17) is 0 Å². The molecule has 2 amide bonds. The van der Waals surface area contributed by atoms with E-state index in [2.05, 4.69) is 20.0 Å². The highest BCUT2D eigenvalue weighted by Gasteiger charge is 2.35. The largest absolute Gasteiger partial charge is 0.453 e. The molecule has 0 bridgehead atoms. The van der Waals surface area contributed by atoms with Gasteiger partial charge in [-0.05, 0) is 25.7 Å². The summed E-state index contributed by atoms with van der Waals surface area (Å²) in [6.07, 6.45) is 3.86. The van der Waals surface area contributed by atoms with Crippen molar-refractivity contribution in [1.29, 1.82) is 0 Å². The van der Waals surface area contributed by atoms with E-state index in [1.165, 1.54) is 7.11 Å². The third kappa shape index (κ3) is 4.24. The number of imidazole rings is 1. The third-order valence-electron chi connectivity index (χ3n) is 4.24. The molecule has 2 unspecified atom stereocenters. The van der Waals surface area contributed by atoms with Crippen LogP contribution in [0.5, 0.6) is 0 Å². The lowest BCUT2D eigenvalue weighted by Gasteiger charge is -2.30. The molecule has 0 aliphatic carbocycles. The minimum atomic E-state index is -0.575. The smallest absolute Gasteiger partial charge is 0.407 e. The van der Waals surface area contributed by atoms with Gasteiger partial charge in [0.05, 0.1) is 7.11 Å². The Morgan fingerprint density at radius 1 is 1.52 bits per heavy atom. The minimum absolute atomic E-state index is 0.00583. The van der Waals surface area contributed by atoms with Crippen LogP contribution in [0.4, 0.5) is 4.79 Å². The van der Waals surface area contributed by atoms with E-state index in [1.54, 1.807) is 6.20 Å². The van der Waals surface area contributed by atoms with Crippen molar-refractivity contribution in [2.75, 3.05) is 13.7 Å². The number of amides is 2. The summed E-state index contributed by atoms with van der Waals surface area (Å²) < 4.78 is 4.63. The predicted molar refractivity (Wildman–Crippen MR) is 85.9 cm³/mol. The van der Waals surface area contributed by atoms with Crippen LogP contribution in [0.2, 0.25) is 0 Å². The number of nitrogens with one attached hydrogen (secondary N) is 2. The van der Waals surface area contributed by atoms with Gasteiger partial charge in [-0.3, -0.25) is 4.79 Å². The van der Waals surface area contributed by atoms with E-state index in [0.29, 0.717) is 6.42 Å². The van der Waals surface area contributed by atoms with E-state index in [1.807, 2.05) is 25.7 Å². The second kappa shape index (κ2) is 7.48. The molecule has 1 aliphatic heterocycles. The van der Waals surface area contributed by atoms with Gasteiger partial charge in [0.15, 0.2) is 0 Å². The fourth-order valence-electron chi connectivity index (χ4n) is 3.01. The number of aromatic nitrogens is 2. The standard InChI is InChI=1S/C16H26N4O3/c1-10(2)14(19-16(22)23-4)15(21)20-7-5-6-12(20)8-13-17-9-11(3)18-13/h9-10,12,14H,5-8H2,1-4H3,(H,17,18)(H,19,22). The van der Waals surface area contributed by atoms with E-state index < -0.39 is 12.1 Å². The van der Waals surface area contributed by atoms with E-state index in [9.17, 15) is 9.59 Å². The van der Waals surface area contributed by atoms with Gasteiger partial charge in [0.2, 0.25) is 5.91 Å². The lowest BCUT2D eigenvalue weighted by molar-refractivity contribution is -0.135. The number of aromatic amines is 1. The number of hydrogen-bond acceptors (Lipinski definition) is 4. The first-order valence-corrected chi connectivity index (χ1v) is 8.07. The van der Waals surface area contributed by atoms with E-state index in [-0.39, 0.29) is 17.9 Å². The average Bonchev–Trinajstić information content (AvgIpc) is 3.13. The number of H-pyrrole nitrogens is 1. The first kappa shape index (κ1) is 17.3. The quantitative estimate of drug-likeness (QED) is 0.862. The van der Waals surface area contributed by atoms with Crippen LogP contribution in [0.3, 0.4) is 0 Å². The van der Waals surface area contributed by atoms with Crippen LogP contribution in [-0.4, -0.2) is 52.6 Å². The van der Waals surface area contributed by atoms with Gasteiger partial charge in [0.25, 0.3) is 0 Å². The lowest BCUT2D eigenvalue weighted by atomic mass is 10.0. The summed E-state index contributed by atoms with van der Waals surface area (Å²) in [7, 11) is 1.30. The molecular weight excluding hydrogens is 296 g/mol. The molecule has 7 nitrogen and oxygen atoms in total. The molecule has 1 aromatic rings. The number of rotatable bonds is 5. The van der Waals surface area contributed by atoms with Crippen molar-refractivity contribution in [1.82, 2.24) is 20.2 Å². The Morgan fingerprint density at radius 2 is 2.26 bits per heavy atom. The van der Waals surface area contributed by atoms with Gasteiger partial charge in [-0.2, -0.15) is 0 Å². The maximum atomic E-state index is 12.9. The van der Waals surface area contributed by atoms with Crippen LogP contribution in [0.15, 0.2) is 6.20 Å². The highest BCUT2D eigenvalue weighted by molar-refractivity contribution is 5.86. The molecule has 128 valence electrons. The maximum absolute atomic E-state index is 12.9. The Labute approximate surface area is 136 Å². The Balaban J connectivity index is 2.07. The molecule has 1 aromatic heterocycles. The van der Waals surface area contributed by atoms with Crippen LogP contribution in [0, 0.1) is 12.8 Å². The summed E-state index contributed by atoms with van der Waals surface area (Å²) in [6, 6.07) is -0.449. The fraction of sp³-hybridized carbons (Fsp3) is 0.688. The topological polar surface area (TPSA) is 87.3 Å². The third-order valence-corrected chi connectivity index (χ3v) is 4.24. The van der Waals surface area contributed by atoms with Crippen molar-refractivity contribution < 1.29 is 14.3 Å².